The Labute approximate surface area is 323 Å². The molecular formula is C43H45F2N7O4. The minimum atomic E-state index is -2.69. The molecule has 2 aromatic heterocycles. The zero-order chi connectivity index (χ0) is 39.0. The summed E-state index contributed by atoms with van der Waals surface area (Å²) in [6.45, 7) is 4.41. The van der Waals surface area contributed by atoms with Crippen LogP contribution in [-0.2, 0) is 24.8 Å². The van der Waals surface area contributed by atoms with Crippen molar-refractivity contribution in [2.24, 2.45) is 7.05 Å². The first-order valence-electron chi connectivity index (χ1n) is 19.5. The number of halogens is 2. The molecule has 5 aromatic rings. The van der Waals surface area contributed by atoms with E-state index in [9.17, 15) is 28.3 Å². The Hall–Kier alpha value is -5.56. The van der Waals surface area contributed by atoms with Crippen molar-refractivity contribution >= 4 is 39.8 Å². The average molecular weight is 762 g/mol. The molecule has 2 atom stereocenters. The second-order valence-electron chi connectivity index (χ2n) is 15.8. The van der Waals surface area contributed by atoms with E-state index in [-0.39, 0.29) is 29.0 Å². The van der Waals surface area contributed by atoms with Gasteiger partial charge in [-0.05, 0) is 104 Å². The van der Waals surface area contributed by atoms with Crippen molar-refractivity contribution in [2.45, 2.75) is 76.7 Å². The quantitative estimate of drug-likeness (QED) is 0.212. The van der Waals surface area contributed by atoms with Crippen molar-refractivity contribution in [1.82, 2.24) is 24.1 Å². The van der Waals surface area contributed by atoms with Crippen LogP contribution in [0.4, 0.5) is 25.8 Å². The maximum absolute atomic E-state index is 14.9. The second kappa shape index (κ2) is 13.9. The highest BCUT2D eigenvalue weighted by atomic mass is 19.3. The van der Waals surface area contributed by atoms with E-state index < -0.39 is 18.7 Å². The lowest BCUT2D eigenvalue weighted by Crippen LogP contribution is -2.56. The molecule has 2 fully saturated rings. The minimum absolute atomic E-state index is 0.0269. The number of nitrogens with zero attached hydrogens (tertiary/aromatic N) is 7. The van der Waals surface area contributed by atoms with Gasteiger partial charge in [0.1, 0.15) is 6.23 Å². The van der Waals surface area contributed by atoms with Gasteiger partial charge < -0.3 is 29.3 Å². The van der Waals surface area contributed by atoms with Gasteiger partial charge in [0, 0.05) is 91.9 Å². The molecule has 0 spiro atoms. The molecule has 0 aliphatic carbocycles. The summed E-state index contributed by atoms with van der Waals surface area (Å²) >= 11 is 0. The standard InChI is InChI=1S/C43H45F2N7O4/c1-25-18-34-35(47(2)41(25)54)7-4-8-36(34)50-15-5-6-26-20-32(33(40(44)45)21-38(26)50)28-22-46-52(24-28)29-13-16-49(17-14-29)30-9-10-31-27(19-30)23-51(42(31)55)37-11-12-39(53)48(3)43(37)56/h4,7-10,18-22,24,29,37,40,43,56H,5-6,11-17,23H2,1-3H3. The molecule has 2 unspecified atom stereocenters. The van der Waals surface area contributed by atoms with Crippen LogP contribution in [0.15, 0.2) is 71.8 Å². The number of amides is 2. The lowest BCUT2D eigenvalue weighted by molar-refractivity contribution is -0.150. The predicted molar refractivity (Wildman–Crippen MR) is 210 cm³/mol. The van der Waals surface area contributed by atoms with Crippen molar-refractivity contribution in [2.75, 3.05) is 36.5 Å². The highest BCUT2D eigenvalue weighted by Crippen LogP contribution is 2.43. The number of likely N-dealkylation sites (N-methyl/N-ethyl adjacent to an activating group) is 1. The Bertz CT molecular complexity index is 2450. The van der Waals surface area contributed by atoms with Gasteiger partial charge in [-0.1, -0.05) is 6.07 Å². The fraction of sp³-hybridized carbons (Fsp3) is 0.395. The van der Waals surface area contributed by atoms with Gasteiger partial charge in [0.15, 0.2) is 0 Å². The molecule has 0 saturated carbocycles. The fourth-order valence-electron chi connectivity index (χ4n) is 9.38. The van der Waals surface area contributed by atoms with Gasteiger partial charge in [0.05, 0.1) is 29.5 Å². The number of carbonyl (C=O) groups is 2. The number of aliphatic hydroxyl groups excluding tert-OH is 1. The summed E-state index contributed by atoms with van der Waals surface area (Å²) in [5.74, 6) is -0.241. The number of carbonyl (C=O) groups excluding carboxylic acids is 2. The Balaban J connectivity index is 0.921. The molecule has 0 radical (unpaired) electrons. The molecule has 1 N–H and O–H groups in total. The SMILES string of the molecule is Cc1cc2c(N3CCCc4cc(-c5cnn(C6CCN(c7ccc8c(c7)CN(C7CCC(=O)N(C)C7O)C8=O)CC6)c5)c(C(F)F)cc43)cccc2n(C)c1=O. The van der Waals surface area contributed by atoms with Crippen LogP contribution < -0.4 is 15.4 Å². The van der Waals surface area contributed by atoms with Crippen LogP contribution in [0.5, 0.6) is 0 Å². The molecule has 3 aromatic carbocycles. The predicted octanol–water partition coefficient (Wildman–Crippen LogP) is 6.47. The molecular weight excluding hydrogens is 717 g/mol. The number of hydrogen-bond donors (Lipinski definition) is 1. The highest BCUT2D eigenvalue weighted by molar-refractivity contribution is 5.99. The minimum Gasteiger partial charge on any atom is -0.371 e. The third-order valence-corrected chi connectivity index (χ3v) is 12.5. The lowest BCUT2D eigenvalue weighted by Gasteiger charge is -2.40. The summed E-state index contributed by atoms with van der Waals surface area (Å²) in [6, 6.07) is 16.9. The van der Waals surface area contributed by atoms with E-state index in [0.29, 0.717) is 48.2 Å². The van der Waals surface area contributed by atoms with Gasteiger partial charge in [0.2, 0.25) is 5.91 Å². The summed E-state index contributed by atoms with van der Waals surface area (Å²) < 4.78 is 33.4. The van der Waals surface area contributed by atoms with Crippen LogP contribution >= 0.6 is 0 Å². The van der Waals surface area contributed by atoms with E-state index in [2.05, 4.69) is 15.9 Å². The molecule has 4 aliphatic rings. The van der Waals surface area contributed by atoms with Gasteiger partial charge in [-0.15, -0.1) is 0 Å². The number of piperidine rings is 2. The maximum atomic E-state index is 14.9. The third-order valence-electron chi connectivity index (χ3n) is 12.5. The summed E-state index contributed by atoms with van der Waals surface area (Å²) in [4.78, 5) is 45.5. The topological polar surface area (TPSA) is 107 Å². The van der Waals surface area contributed by atoms with E-state index in [0.717, 1.165) is 77.9 Å². The highest BCUT2D eigenvalue weighted by Gasteiger charge is 2.41. The van der Waals surface area contributed by atoms with E-state index in [1.807, 2.05) is 53.3 Å². The number of fused-ring (bicyclic) bond motifs is 3. The normalized spacial score (nSPS) is 20.4. The number of rotatable bonds is 6. The van der Waals surface area contributed by atoms with Crippen molar-refractivity contribution in [3.63, 3.8) is 0 Å². The lowest BCUT2D eigenvalue weighted by atomic mass is 9.92. The Kier molecular flexibility index (Phi) is 8.94. The van der Waals surface area contributed by atoms with Gasteiger partial charge in [-0.2, -0.15) is 5.10 Å². The second-order valence-corrected chi connectivity index (χ2v) is 15.8. The monoisotopic (exact) mass is 761 g/mol. The van der Waals surface area contributed by atoms with Gasteiger partial charge in [-0.3, -0.25) is 19.1 Å². The van der Waals surface area contributed by atoms with Crippen LogP contribution in [0.25, 0.3) is 22.0 Å². The molecule has 9 rings (SSSR count). The largest absolute Gasteiger partial charge is 0.371 e. The smallest absolute Gasteiger partial charge is 0.264 e. The molecule has 0 bridgehead atoms. The fourth-order valence-corrected chi connectivity index (χ4v) is 9.38. The zero-order valence-electron chi connectivity index (χ0n) is 31.8. The molecule has 56 heavy (non-hydrogen) atoms. The molecule has 290 valence electrons. The summed E-state index contributed by atoms with van der Waals surface area (Å²) in [5, 5.41) is 16.4. The molecule has 11 nitrogen and oxygen atoms in total. The first kappa shape index (κ1) is 36.1. The van der Waals surface area contributed by atoms with Gasteiger partial charge in [0.25, 0.3) is 17.9 Å². The third kappa shape index (κ3) is 5.94. The number of hydrogen-bond acceptors (Lipinski definition) is 7. The van der Waals surface area contributed by atoms with Crippen LogP contribution in [-0.4, -0.2) is 80.0 Å². The first-order valence-corrected chi connectivity index (χ1v) is 19.5. The summed E-state index contributed by atoms with van der Waals surface area (Å²) in [6.07, 6.45) is 3.89. The number of likely N-dealkylation sites (tertiary alicyclic amines) is 1. The van der Waals surface area contributed by atoms with Gasteiger partial charge in [-0.25, -0.2) is 8.78 Å². The van der Waals surface area contributed by atoms with Crippen molar-refractivity contribution in [1.29, 1.82) is 0 Å². The molecule has 4 aliphatic heterocycles. The summed E-state index contributed by atoms with van der Waals surface area (Å²) in [5.41, 5.74) is 7.78. The first-order chi connectivity index (χ1) is 27.0. The Morgan fingerprint density at radius 1 is 0.875 bits per heavy atom. The van der Waals surface area contributed by atoms with Crippen molar-refractivity contribution < 1.29 is 23.5 Å². The molecule has 2 saturated heterocycles. The number of aliphatic hydroxyl groups is 1. The number of alkyl halides is 2. The number of benzene rings is 3. The number of anilines is 3. The van der Waals surface area contributed by atoms with E-state index in [1.165, 1.54) is 4.90 Å². The van der Waals surface area contributed by atoms with Crippen molar-refractivity contribution in [3.05, 3.63) is 105 Å². The number of pyridine rings is 1. The maximum Gasteiger partial charge on any atom is 0.264 e. The number of aryl methyl sites for hydroxylation is 3. The number of aromatic nitrogens is 3. The molecule has 13 heteroatoms. The van der Waals surface area contributed by atoms with Crippen LogP contribution in [0.1, 0.15) is 77.2 Å². The van der Waals surface area contributed by atoms with Crippen LogP contribution in [0, 0.1) is 6.92 Å². The van der Waals surface area contributed by atoms with Crippen LogP contribution in [0.2, 0.25) is 0 Å². The van der Waals surface area contributed by atoms with E-state index in [4.69, 9.17) is 5.10 Å². The average Bonchev–Trinajstić information content (AvgIpc) is 3.83. The van der Waals surface area contributed by atoms with Crippen molar-refractivity contribution in [3.8, 4) is 11.1 Å². The Morgan fingerprint density at radius 3 is 2.46 bits per heavy atom. The van der Waals surface area contributed by atoms with Crippen LogP contribution in [0.3, 0.4) is 0 Å². The zero-order valence-corrected chi connectivity index (χ0v) is 31.8. The summed E-state index contributed by atoms with van der Waals surface area (Å²) in [7, 11) is 3.33. The van der Waals surface area contributed by atoms with E-state index >= 15 is 0 Å². The van der Waals surface area contributed by atoms with E-state index in [1.54, 1.807) is 42.7 Å². The Morgan fingerprint density at radius 2 is 1.68 bits per heavy atom. The molecule has 2 amide bonds. The van der Waals surface area contributed by atoms with Gasteiger partial charge >= 0.3 is 0 Å². The molecule has 6 heterocycles.